The number of aliphatic hydroxyl groups excluding tert-OH is 1. The third kappa shape index (κ3) is 1.46. The normalized spacial score (nSPS) is 13.1. The molecule has 0 radical (unpaired) electrons. The second kappa shape index (κ2) is 3.35. The number of nitrogens with zero attached hydrogens (tertiary/aromatic N) is 1. The molecule has 1 aromatic carbocycles. The molecule has 0 spiro atoms. The maximum Gasteiger partial charge on any atom is 0.149 e. The summed E-state index contributed by atoms with van der Waals surface area (Å²) < 4.78 is 13.2. The number of para-hydroxylation sites is 1. The van der Waals surface area contributed by atoms with Crippen LogP contribution in [0.3, 0.4) is 0 Å². The van der Waals surface area contributed by atoms with E-state index in [1.165, 1.54) is 12.3 Å². The van der Waals surface area contributed by atoms with E-state index in [1.807, 2.05) is 0 Å². The van der Waals surface area contributed by atoms with Gasteiger partial charge in [0, 0.05) is 11.6 Å². The van der Waals surface area contributed by atoms with E-state index in [2.05, 4.69) is 4.98 Å². The number of aliphatic hydroxyl groups is 1. The molecule has 0 aliphatic carbocycles. The lowest BCUT2D eigenvalue weighted by Gasteiger charge is -2.05. The van der Waals surface area contributed by atoms with Crippen LogP contribution in [0.15, 0.2) is 30.5 Å². The lowest BCUT2D eigenvalue weighted by molar-refractivity contribution is 0.199. The first-order valence-corrected chi connectivity index (χ1v) is 4.41. The van der Waals surface area contributed by atoms with Crippen LogP contribution in [0.5, 0.6) is 0 Å². The molecule has 0 saturated carbocycles. The number of rotatable bonds is 1. The van der Waals surface area contributed by atoms with Gasteiger partial charge in [-0.25, -0.2) is 4.39 Å². The fourth-order valence-corrected chi connectivity index (χ4v) is 1.37. The summed E-state index contributed by atoms with van der Waals surface area (Å²) in [4.78, 5) is 3.97. The van der Waals surface area contributed by atoms with Gasteiger partial charge in [0.1, 0.15) is 11.3 Å². The molecule has 2 aromatic rings. The zero-order chi connectivity index (χ0) is 10.1. The van der Waals surface area contributed by atoms with Crippen molar-refractivity contribution in [3.05, 3.63) is 41.8 Å². The molecule has 1 heterocycles. The summed E-state index contributed by atoms with van der Waals surface area (Å²) in [6.45, 7) is 1.65. The molecular weight excluding hydrogens is 181 g/mol. The third-order valence-corrected chi connectivity index (χ3v) is 2.17. The van der Waals surface area contributed by atoms with Gasteiger partial charge in [0.25, 0.3) is 0 Å². The maximum absolute atomic E-state index is 13.2. The maximum atomic E-state index is 13.2. The van der Waals surface area contributed by atoms with E-state index in [4.69, 9.17) is 0 Å². The van der Waals surface area contributed by atoms with Crippen molar-refractivity contribution in [1.29, 1.82) is 0 Å². The Kier molecular flexibility index (Phi) is 2.17. The smallest absolute Gasteiger partial charge is 0.149 e. The van der Waals surface area contributed by atoms with Crippen LogP contribution in [0.4, 0.5) is 4.39 Å². The second-order valence-corrected chi connectivity index (χ2v) is 3.26. The van der Waals surface area contributed by atoms with Crippen LogP contribution in [0, 0.1) is 5.82 Å². The van der Waals surface area contributed by atoms with Crippen LogP contribution in [-0.4, -0.2) is 10.1 Å². The summed E-state index contributed by atoms with van der Waals surface area (Å²) in [6, 6.07) is 6.52. The van der Waals surface area contributed by atoms with Gasteiger partial charge in [-0.1, -0.05) is 12.1 Å². The molecule has 14 heavy (non-hydrogen) atoms. The number of benzene rings is 1. The molecule has 0 aliphatic rings. The molecular formula is C11H10FNO. The first-order valence-electron chi connectivity index (χ1n) is 4.41. The summed E-state index contributed by atoms with van der Waals surface area (Å²) in [5.74, 6) is -0.334. The van der Waals surface area contributed by atoms with Crippen LogP contribution in [0.25, 0.3) is 10.9 Å². The molecule has 0 unspecified atom stereocenters. The van der Waals surface area contributed by atoms with Crippen molar-refractivity contribution in [2.75, 3.05) is 0 Å². The van der Waals surface area contributed by atoms with E-state index in [0.29, 0.717) is 16.5 Å². The predicted molar refractivity (Wildman–Crippen MR) is 52.3 cm³/mol. The summed E-state index contributed by atoms with van der Waals surface area (Å²) in [6.07, 6.45) is 0.922. The lowest BCUT2D eigenvalue weighted by atomic mass is 10.1. The Morgan fingerprint density at radius 2 is 2.21 bits per heavy atom. The number of hydrogen-bond acceptors (Lipinski definition) is 2. The Bertz CT molecular complexity index is 468. The minimum Gasteiger partial charge on any atom is -0.389 e. The Morgan fingerprint density at radius 3 is 2.93 bits per heavy atom. The van der Waals surface area contributed by atoms with Crippen LogP contribution in [0.2, 0.25) is 0 Å². The minimum absolute atomic E-state index is 0.334. The van der Waals surface area contributed by atoms with E-state index in [9.17, 15) is 9.50 Å². The number of fused-ring (bicyclic) bond motifs is 1. The first-order chi connectivity index (χ1) is 6.68. The Labute approximate surface area is 81.0 Å². The van der Waals surface area contributed by atoms with Gasteiger partial charge in [0.15, 0.2) is 0 Å². The average molecular weight is 191 g/mol. The zero-order valence-electron chi connectivity index (χ0n) is 7.74. The molecule has 0 bridgehead atoms. The summed E-state index contributed by atoms with van der Waals surface area (Å²) in [5.41, 5.74) is 1.04. The lowest BCUT2D eigenvalue weighted by Crippen LogP contribution is -1.93. The zero-order valence-corrected chi connectivity index (χ0v) is 7.74. The van der Waals surface area contributed by atoms with E-state index in [-0.39, 0.29) is 5.82 Å². The van der Waals surface area contributed by atoms with Crippen LogP contribution in [0.1, 0.15) is 18.6 Å². The number of pyridine rings is 1. The van der Waals surface area contributed by atoms with Crippen LogP contribution >= 0.6 is 0 Å². The predicted octanol–water partition coefficient (Wildman–Crippen LogP) is 2.43. The van der Waals surface area contributed by atoms with Crippen molar-refractivity contribution in [1.82, 2.24) is 4.98 Å². The standard InChI is InChI=1S/C11H10FNO/c1-7(14)9-5-8-3-2-4-10(12)11(8)13-6-9/h2-7,14H,1H3/t7-/m1/s1. The van der Waals surface area contributed by atoms with Crippen LogP contribution in [-0.2, 0) is 0 Å². The van der Waals surface area contributed by atoms with E-state index in [1.54, 1.807) is 25.1 Å². The summed E-state index contributed by atoms with van der Waals surface area (Å²) >= 11 is 0. The molecule has 1 N–H and O–H groups in total. The Hall–Kier alpha value is -1.48. The highest BCUT2D eigenvalue weighted by Gasteiger charge is 2.05. The highest BCUT2D eigenvalue weighted by Crippen LogP contribution is 2.19. The Balaban J connectivity index is 2.67. The monoisotopic (exact) mass is 191 g/mol. The first kappa shape index (κ1) is 9.09. The van der Waals surface area contributed by atoms with Crippen molar-refractivity contribution in [3.8, 4) is 0 Å². The Morgan fingerprint density at radius 1 is 1.43 bits per heavy atom. The van der Waals surface area contributed by atoms with Gasteiger partial charge in [-0.2, -0.15) is 0 Å². The molecule has 1 aromatic heterocycles. The van der Waals surface area contributed by atoms with Crippen LogP contribution < -0.4 is 0 Å². The SMILES string of the molecule is C[C@@H](O)c1cnc2c(F)cccc2c1. The minimum atomic E-state index is -0.574. The quantitative estimate of drug-likeness (QED) is 0.750. The molecule has 2 rings (SSSR count). The molecule has 72 valence electrons. The highest BCUT2D eigenvalue weighted by molar-refractivity contribution is 5.79. The number of hydrogen-bond donors (Lipinski definition) is 1. The summed E-state index contributed by atoms with van der Waals surface area (Å²) in [5, 5.41) is 10.0. The van der Waals surface area contributed by atoms with Crippen molar-refractivity contribution in [3.63, 3.8) is 0 Å². The van der Waals surface area contributed by atoms with Gasteiger partial charge in [-0.15, -0.1) is 0 Å². The third-order valence-electron chi connectivity index (χ3n) is 2.17. The molecule has 0 amide bonds. The van der Waals surface area contributed by atoms with Gasteiger partial charge >= 0.3 is 0 Å². The van der Waals surface area contributed by atoms with E-state index >= 15 is 0 Å². The molecule has 0 saturated heterocycles. The van der Waals surface area contributed by atoms with Gasteiger partial charge in [0.05, 0.1) is 6.10 Å². The van der Waals surface area contributed by atoms with E-state index in [0.717, 1.165) is 0 Å². The van der Waals surface area contributed by atoms with Crippen molar-refractivity contribution < 1.29 is 9.50 Å². The van der Waals surface area contributed by atoms with Crippen molar-refractivity contribution >= 4 is 10.9 Å². The second-order valence-electron chi connectivity index (χ2n) is 3.26. The number of halogens is 1. The molecule has 0 fully saturated rings. The van der Waals surface area contributed by atoms with Gasteiger partial charge in [-0.3, -0.25) is 4.98 Å². The fourth-order valence-electron chi connectivity index (χ4n) is 1.37. The van der Waals surface area contributed by atoms with Gasteiger partial charge < -0.3 is 5.11 Å². The van der Waals surface area contributed by atoms with Crippen molar-refractivity contribution in [2.45, 2.75) is 13.0 Å². The molecule has 0 aliphatic heterocycles. The van der Waals surface area contributed by atoms with Gasteiger partial charge in [0.2, 0.25) is 0 Å². The molecule has 1 atom stereocenters. The topological polar surface area (TPSA) is 33.1 Å². The number of aromatic nitrogens is 1. The average Bonchev–Trinajstić information content (AvgIpc) is 2.17. The fraction of sp³-hybridized carbons (Fsp3) is 0.182. The highest BCUT2D eigenvalue weighted by atomic mass is 19.1. The largest absolute Gasteiger partial charge is 0.389 e. The molecule has 2 nitrogen and oxygen atoms in total. The summed E-state index contributed by atoms with van der Waals surface area (Å²) in [7, 11) is 0. The van der Waals surface area contributed by atoms with Crippen molar-refractivity contribution in [2.24, 2.45) is 0 Å². The van der Waals surface area contributed by atoms with Gasteiger partial charge in [-0.05, 0) is 24.6 Å². The molecule has 3 heteroatoms. The van der Waals surface area contributed by atoms with E-state index < -0.39 is 6.10 Å².